The third kappa shape index (κ3) is 6.38. The fourth-order valence-electron chi connectivity index (χ4n) is 3.79. The van der Waals surface area contributed by atoms with Crippen LogP contribution in [0.5, 0.6) is 0 Å². The Hall–Kier alpha value is -4.32. The molecule has 4 rings (SSSR count). The number of amides is 2. The van der Waals surface area contributed by atoms with Crippen molar-refractivity contribution in [3.8, 4) is 0 Å². The Morgan fingerprint density at radius 3 is 2.40 bits per heavy atom. The molecule has 0 saturated heterocycles. The molecule has 0 aliphatic carbocycles. The van der Waals surface area contributed by atoms with Crippen LogP contribution in [-0.2, 0) is 24.3 Å². The minimum absolute atomic E-state index is 0.136. The first-order valence-electron chi connectivity index (χ1n) is 11.4. The van der Waals surface area contributed by atoms with Gasteiger partial charge in [0, 0.05) is 17.4 Å². The zero-order chi connectivity index (χ0) is 24.6. The van der Waals surface area contributed by atoms with Crippen molar-refractivity contribution in [1.29, 1.82) is 0 Å². The number of pyridine rings is 1. The van der Waals surface area contributed by atoms with Gasteiger partial charge in [-0.3, -0.25) is 14.6 Å². The molecule has 0 radical (unpaired) electrons. The number of rotatable bonds is 8. The molecule has 6 heteroatoms. The number of benzene rings is 3. The smallest absolute Gasteiger partial charge is 0.258 e. The lowest BCUT2D eigenvalue weighted by Crippen LogP contribution is -2.31. The third-order valence-electron chi connectivity index (χ3n) is 5.65. The number of anilines is 1. The molecule has 0 saturated carbocycles. The number of nitrogens with zero attached hydrogens (tertiary/aromatic N) is 2. The summed E-state index contributed by atoms with van der Waals surface area (Å²) in [5, 5.41) is 2.88. The molecule has 2 amide bonds. The quantitative estimate of drug-likeness (QED) is 0.386. The van der Waals surface area contributed by atoms with E-state index in [-0.39, 0.29) is 30.6 Å². The Kier molecular flexibility index (Phi) is 7.63. The van der Waals surface area contributed by atoms with E-state index in [2.05, 4.69) is 10.3 Å². The summed E-state index contributed by atoms with van der Waals surface area (Å²) < 4.78 is 13.4. The molecule has 1 aromatic heterocycles. The van der Waals surface area contributed by atoms with Gasteiger partial charge in [-0.2, -0.15) is 0 Å². The van der Waals surface area contributed by atoms with Crippen LogP contribution in [0.3, 0.4) is 0 Å². The standard InChI is InChI=1S/C29H26FN3O2/c1-21-7-2-3-11-27(21)29(35)33(20-22-12-14-24(30)15-13-22)26-10-6-8-23(17-26)18-28(34)32-19-25-9-4-5-16-31-25/h2-17H,18-20H2,1H3,(H,32,34). The highest BCUT2D eigenvalue weighted by molar-refractivity contribution is 6.07. The fourth-order valence-corrected chi connectivity index (χ4v) is 3.79. The van der Waals surface area contributed by atoms with Gasteiger partial charge in [0.1, 0.15) is 5.82 Å². The van der Waals surface area contributed by atoms with Crippen LogP contribution in [0.1, 0.15) is 32.7 Å². The molecule has 0 fully saturated rings. The maximum atomic E-state index is 13.6. The minimum atomic E-state index is -0.329. The fraction of sp³-hybridized carbons (Fsp3) is 0.138. The van der Waals surface area contributed by atoms with Crippen molar-refractivity contribution in [3.63, 3.8) is 0 Å². The lowest BCUT2D eigenvalue weighted by molar-refractivity contribution is -0.120. The largest absolute Gasteiger partial charge is 0.350 e. The van der Waals surface area contributed by atoms with Crippen molar-refractivity contribution in [2.45, 2.75) is 26.4 Å². The van der Waals surface area contributed by atoms with Gasteiger partial charge in [-0.15, -0.1) is 0 Å². The molecular formula is C29H26FN3O2. The second-order valence-corrected chi connectivity index (χ2v) is 8.28. The van der Waals surface area contributed by atoms with Crippen molar-refractivity contribution >= 4 is 17.5 Å². The summed E-state index contributed by atoms with van der Waals surface area (Å²) in [4.78, 5) is 32.0. The molecule has 0 aliphatic rings. The number of hydrogen-bond donors (Lipinski definition) is 1. The SMILES string of the molecule is Cc1ccccc1C(=O)N(Cc1ccc(F)cc1)c1cccc(CC(=O)NCc2ccccn2)c1. The van der Waals surface area contributed by atoms with E-state index in [0.29, 0.717) is 17.8 Å². The number of aryl methyl sites for hydroxylation is 1. The van der Waals surface area contributed by atoms with Crippen LogP contribution < -0.4 is 10.2 Å². The number of aromatic nitrogens is 1. The number of halogens is 1. The first-order valence-corrected chi connectivity index (χ1v) is 11.4. The summed E-state index contributed by atoms with van der Waals surface area (Å²) in [6.45, 7) is 2.51. The summed E-state index contributed by atoms with van der Waals surface area (Å²) in [6, 6.07) is 26.5. The minimum Gasteiger partial charge on any atom is -0.350 e. The molecule has 5 nitrogen and oxygen atoms in total. The van der Waals surface area contributed by atoms with Crippen LogP contribution in [0.4, 0.5) is 10.1 Å². The van der Waals surface area contributed by atoms with Gasteiger partial charge in [-0.1, -0.05) is 48.5 Å². The van der Waals surface area contributed by atoms with Gasteiger partial charge >= 0.3 is 0 Å². The highest BCUT2D eigenvalue weighted by atomic mass is 19.1. The second-order valence-electron chi connectivity index (χ2n) is 8.28. The van der Waals surface area contributed by atoms with E-state index >= 15 is 0 Å². The number of nitrogens with one attached hydrogen (secondary N) is 1. The van der Waals surface area contributed by atoms with Gasteiger partial charge in [-0.05, 0) is 66.1 Å². The highest BCUT2D eigenvalue weighted by Crippen LogP contribution is 2.23. The van der Waals surface area contributed by atoms with Crippen LogP contribution in [-0.4, -0.2) is 16.8 Å². The van der Waals surface area contributed by atoms with Crippen LogP contribution >= 0.6 is 0 Å². The molecule has 0 bridgehead atoms. The summed E-state index contributed by atoms with van der Waals surface area (Å²) in [6.07, 6.45) is 1.86. The van der Waals surface area contributed by atoms with E-state index in [0.717, 1.165) is 22.4 Å². The molecular weight excluding hydrogens is 441 g/mol. The normalized spacial score (nSPS) is 10.6. The van der Waals surface area contributed by atoms with Gasteiger partial charge in [-0.25, -0.2) is 4.39 Å². The highest BCUT2D eigenvalue weighted by Gasteiger charge is 2.20. The Labute approximate surface area is 204 Å². The predicted molar refractivity (Wildman–Crippen MR) is 134 cm³/mol. The van der Waals surface area contributed by atoms with Gasteiger partial charge in [0.2, 0.25) is 5.91 Å². The summed E-state index contributed by atoms with van der Waals surface area (Å²) in [5.41, 5.74) is 4.48. The maximum Gasteiger partial charge on any atom is 0.258 e. The molecule has 1 N–H and O–H groups in total. The van der Waals surface area contributed by atoms with Crippen molar-refractivity contribution in [3.05, 3.63) is 131 Å². The molecule has 35 heavy (non-hydrogen) atoms. The zero-order valence-corrected chi connectivity index (χ0v) is 19.4. The summed E-state index contributed by atoms with van der Waals surface area (Å²) >= 11 is 0. The topological polar surface area (TPSA) is 62.3 Å². The Morgan fingerprint density at radius 1 is 0.886 bits per heavy atom. The Morgan fingerprint density at radius 2 is 1.66 bits per heavy atom. The Balaban J connectivity index is 1.56. The van der Waals surface area contributed by atoms with Gasteiger partial charge in [0.05, 0.1) is 25.2 Å². The zero-order valence-electron chi connectivity index (χ0n) is 19.4. The monoisotopic (exact) mass is 467 g/mol. The average molecular weight is 468 g/mol. The molecule has 4 aromatic rings. The van der Waals surface area contributed by atoms with Crippen molar-refractivity contribution in [2.24, 2.45) is 0 Å². The van der Waals surface area contributed by atoms with Gasteiger partial charge in [0.25, 0.3) is 5.91 Å². The van der Waals surface area contributed by atoms with E-state index in [1.165, 1.54) is 12.1 Å². The molecule has 0 aliphatic heterocycles. The molecule has 3 aromatic carbocycles. The lowest BCUT2D eigenvalue weighted by atomic mass is 10.1. The molecule has 1 heterocycles. The third-order valence-corrected chi connectivity index (χ3v) is 5.65. The van der Waals surface area contributed by atoms with Crippen molar-refractivity contribution in [1.82, 2.24) is 10.3 Å². The number of hydrogen-bond acceptors (Lipinski definition) is 3. The summed E-state index contributed by atoms with van der Waals surface area (Å²) in [7, 11) is 0. The van der Waals surface area contributed by atoms with E-state index in [4.69, 9.17) is 0 Å². The van der Waals surface area contributed by atoms with Crippen LogP contribution in [0.25, 0.3) is 0 Å². The maximum absolute atomic E-state index is 13.6. The van der Waals surface area contributed by atoms with E-state index in [1.54, 1.807) is 29.3 Å². The molecule has 0 spiro atoms. The Bertz CT molecular complexity index is 1310. The van der Waals surface area contributed by atoms with E-state index < -0.39 is 0 Å². The van der Waals surface area contributed by atoms with Crippen molar-refractivity contribution in [2.75, 3.05) is 4.90 Å². The number of carbonyl (C=O) groups is 2. The predicted octanol–water partition coefficient (Wildman–Crippen LogP) is 5.24. The van der Waals surface area contributed by atoms with Crippen LogP contribution in [0.15, 0.2) is 97.2 Å². The van der Waals surface area contributed by atoms with Crippen molar-refractivity contribution < 1.29 is 14.0 Å². The molecule has 0 atom stereocenters. The molecule has 0 unspecified atom stereocenters. The van der Waals surface area contributed by atoms with E-state index in [9.17, 15) is 14.0 Å². The first kappa shape index (κ1) is 23.8. The average Bonchev–Trinajstić information content (AvgIpc) is 2.88. The summed E-state index contributed by atoms with van der Waals surface area (Å²) in [5.74, 6) is -0.628. The van der Waals surface area contributed by atoms with Gasteiger partial charge < -0.3 is 10.2 Å². The van der Waals surface area contributed by atoms with Crippen LogP contribution in [0, 0.1) is 12.7 Å². The van der Waals surface area contributed by atoms with E-state index in [1.807, 2.05) is 67.6 Å². The lowest BCUT2D eigenvalue weighted by Gasteiger charge is -2.24. The molecule has 176 valence electrons. The first-order chi connectivity index (χ1) is 17.0. The van der Waals surface area contributed by atoms with Gasteiger partial charge in [0.15, 0.2) is 0 Å². The van der Waals surface area contributed by atoms with Crippen LogP contribution in [0.2, 0.25) is 0 Å². The number of carbonyl (C=O) groups excluding carboxylic acids is 2. The second kappa shape index (κ2) is 11.2.